The van der Waals surface area contributed by atoms with E-state index in [1.54, 1.807) is 6.07 Å². The summed E-state index contributed by atoms with van der Waals surface area (Å²) in [6.45, 7) is 5.84. The number of hydrogen-bond donors (Lipinski definition) is 2. The minimum absolute atomic E-state index is 0.236. The van der Waals surface area contributed by atoms with Gasteiger partial charge in [-0.1, -0.05) is 42.0 Å². The van der Waals surface area contributed by atoms with Crippen LogP contribution in [0.3, 0.4) is 0 Å². The number of carbonyl (C=O) groups is 1. The molecule has 0 radical (unpaired) electrons. The van der Waals surface area contributed by atoms with E-state index in [0.29, 0.717) is 22.8 Å². The molecule has 1 aliphatic rings. The zero-order valence-corrected chi connectivity index (χ0v) is 18.1. The van der Waals surface area contributed by atoms with E-state index >= 15 is 0 Å². The van der Waals surface area contributed by atoms with Crippen molar-refractivity contribution in [2.75, 3.05) is 10.6 Å². The summed E-state index contributed by atoms with van der Waals surface area (Å²) in [4.78, 5) is 18.3. The van der Waals surface area contributed by atoms with Crippen LogP contribution in [0.25, 0.3) is 11.0 Å². The van der Waals surface area contributed by atoms with Crippen LogP contribution in [0.15, 0.2) is 78.0 Å². The molecule has 1 aromatic heterocycles. The molecule has 1 amide bonds. The molecule has 0 aliphatic carbocycles. The smallest absolute Gasteiger partial charge is 0.255 e. The molecule has 5 nitrogen and oxygen atoms in total. The van der Waals surface area contributed by atoms with E-state index in [-0.39, 0.29) is 11.7 Å². The van der Waals surface area contributed by atoms with E-state index in [1.807, 2.05) is 73.9 Å². The van der Waals surface area contributed by atoms with Crippen LogP contribution in [0.4, 0.5) is 16.0 Å². The van der Waals surface area contributed by atoms with Crippen LogP contribution >= 0.6 is 0 Å². The molecule has 0 bridgehead atoms. The van der Waals surface area contributed by atoms with Gasteiger partial charge in [0.1, 0.15) is 5.82 Å². The third-order valence-corrected chi connectivity index (χ3v) is 5.87. The van der Waals surface area contributed by atoms with Gasteiger partial charge >= 0.3 is 0 Å². The summed E-state index contributed by atoms with van der Waals surface area (Å²) in [5, 5.41) is 6.34. The minimum Gasteiger partial charge on any atom is -0.329 e. The van der Waals surface area contributed by atoms with Crippen LogP contribution in [0, 0.1) is 19.7 Å². The molecular weight excluding hydrogens is 403 g/mol. The van der Waals surface area contributed by atoms with Crippen LogP contribution in [-0.2, 0) is 4.79 Å². The molecule has 0 saturated carbocycles. The summed E-state index contributed by atoms with van der Waals surface area (Å²) in [5.74, 6) is 0.0412. The number of allylic oxidation sites excluding steroid dienone is 1. The lowest BCUT2D eigenvalue weighted by atomic mass is 9.94. The molecule has 4 aromatic rings. The normalized spacial score (nSPS) is 15.4. The lowest BCUT2D eigenvalue weighted by Crippen LogP contribution is -2.31. The number of rotatable bonds is 3. The summed E-state index contributed by atoms with van der Waals surface area (Å²) in [5.41, 5.74) is 6.42. The highest BCUT2D eigenvalue weighted by molar-refractivity contribution is 6.06. The molecule has 0 fully saturated rings. The number of fused-ring (bicyclic) bond motifs is 3. The molecule has 0 spiro atoms. The molecule has 5 rings (SSSR count). The fourth-order valence-electron chi connectivity index (χ4n) is 4.39. The molecule has 2 heterocycles. The first-order valence-corrected chi connectivity index (χ1v) is 10.5. The topological polar surface area (TPSA) is 59.0 Å². The summed E-state index contributed by atoms with van der Waals surface area (Å²) in [6.07, 6.45) is 0. The largest absolute Gasteiger partial charge is 0.329 e. The van der Waals surface area contributed by atoms with Gasteiger partial charge in [0.25, 0.3) is 5.91 Å². The van der Waals surface area contributed by atoms with Gasteiger partial charge in [0.2, 0.25) is 5.95 Å². The van der Waals surface area contributed by atoms with Crippen molar-refractivity contribution in [1.29, 1.82) is 0 Å². The van der Waals surface area contributed by atoms with Gasteiger partial charge in [0.15, 0.2) is 0 Å². The number of nitrogens with zero attached hydrogens (tertiary/aromatic N) is 2. The van der Waals surface area contributed by atoms with Gasteiger partial charge in [-0.2, -0.15) is 0 Å². The Labute approximate surface area is 185 Å². The first-order valence-electron chi connectivity index (χ1n) is 10.5. The number of amides is 1. The molecule has 3 aromatic carbocycles. The molecule has 0 unspecified atom stereocenters. The number of halogens is 1. The number of benzene rings is 3. The van der Waals surface area contributed by atoms with Crippen molar-refractivity contribution in [2.45, 2.75) is 26.8 Å². The molecule has 2 N–H and O–H groups in total. The Balaban J connectivity index is 1.67. The number of hydrogen-bond acceptors (Lipinski definition) is 3. The molecule has 6 heteroatoms. The van der Waals surface area contributed by atoms with E-state index in [2.05, 4.69) is 10.6 Å². The number of carbonyl (C=O) groups excluding carboxylic acids is 1. The van der Waals surface area contributed by atoms with E-state index in [9.17, 15) is 9.18 Å². The van der Waals surface area contributed by atoms with Crippen molar-refractivity contribution in [3.05, 3.63) is 101 Å². The van der Waals surface area contributed by atoms with Crippen molar-refractivity contribution in [3.8, 4) is 0 Å². The van der Waals surface area contributed by atoms with Gasteiger partial charge in [-0.05, 0) is 62.2 Å². The number of aromatic nitrogens is 2. The van der Waals surface area contributed by atoms with Gasteiger partial charge < -0.3 is 10.6 Å². The molecular formula is C26H23FN4O. The monoisotopic (exact) mass is 426 g/mol. The highest BCUT2D eigenvalue weighted by atomic mass is 19.1. The zero-order chi connectivity index (χ0) is 22.4. The first-order chi connectivity index (χ1) is 15.4. The predicted molar refractivity (Wildman–Crippen MR) is 125 cm³/mol. The van der Waals surface area contributed by atoms with Crippen molar-refractivity contribution in [3.63, 3.8) is 0 Å². The quantitative estimate of drug-likeness (QED) is 0.441. The Bertz CT molecular complexity index is 1400. The number of nitrogens with one attached hydrogen (secondary N) is 2. The molecule has 1 aliphatic heterocycles. The number of anilines is 2. The van der Waals surface area contributed by atoms with Crippen molar-refractivity contribution in [2.24, 2.45) is 0 Å². The third-order valence-electron chi connectivity index (χ3n) is 5.87. The fraction of sp³-hybridized carbons (Fsp3) is 0.154. The predicted octanol–water partition coefficient (Wildman–Crippen LogP) is 5.72. The second kappa shape index (κ2) is 7.64. The van der Waals surface area contributed by atoms with E-state index in [1.165, 1.54) is 12.1 Å². The molecule has 0 saturated heterocycles. The van der Waals surface area contributed by atoms with Crippen LogP contribution in [0.2, 0.25) is 0 Å². The molecule has 1 atom stereocenters. The molecule has 160 valence electrons. The Morgan fingerprint density at radius 1 is 1.03 bits per heavy atom. The Morgan fingerprint density at radius 2 is 1.84 bits per heavy atom. The molecule has 32 heavy (non-hydrogen) atoms. The van der Waals surface area contributed by atoms with E-state index in [0.717, 1.165) is 27.8 Å². The van der Waals surface area contributed by atoms with Gasteiger partial charge in [-0.15, -0.1) is 0 Å². The number of imidazole rings is 1. The standard InChI is InChI=1S/C26H23FN4O/c1-15-11-12-20(16(2)13-15)29-25(32)23-17(3)28-26-30-21-9-4-5-10-22(21)31(26)24(23)18-7-6-8-19(27)14-18/h4-14,24H,1-3H3,(H,28,30)(H,29,32)/t24-/m0/s1. The lowest BCUT2D eigenvalue weighted by molar-refractivity contribution is -0.113. The number of aryl methyl sites for hydroxylation is 2. The maximum atomic E-state index is 14.2. The fourth-order valence-corrected chi connectivity index (χ4v) is 4.39. The van der Waals surface area contributed by atoms with Crippen LogP contribution in [0.5, 0.6) is 0 Å². The Hall–Kier alpha value is -3.93. The van der Waals surface area contributed by atoms with E-state index in [4.69, 9.17) is 4.98 Å². The number of para-hydroxylation sites is 2. The maximum absolute atomic E-state index is 14.2. The second-order valence-electron chi connectivity index (χ2n) is 8.19. The van der Waals surface area contributed by atoms with Crippen LogP contribution < -0.4 is 10.6 Å². The van der Waals surface area contributed by atoms with Crippen molar-refractivity contribution >= 4 is 28.6 Å². The van der Waals surface area contributed by atoms with Crippen LogP contribution in [-0.4, -0.2) is 15.5 Å². The minimum atomic E-state index is -0.528. The van der Waals surface area contributed by atoms with Crippen molar-refractivity contribution in [1.82, 2.24) is 9.55 Å². The highest BCUT2D eigenvalue weighted by Crippen LogP contribution is 2.39. The van der Waals surface area contributed by atoms with E-state index < -0.39 is 6.04 Å². The summed E-state index contributed by atoms with van der Waals surface area (Å²) >= 11 is 0. The van der Waals surface area contributed by atoms with Crippen molar-refractivity contribution < 1.29 is 9.18 Å². The zero-order valence-electron chi connectivity index (χ0n) is 18.1. The first kappa shape index (κ1) is 20.0. The average molecular weight is 426 g/mol. The van der Waals surface area contributed by atoms with Gasteiger partial charge in [-0.25, -0.2) is 9.37 Å². The van der Waals surface area contributed by atoms with Gasteiger partial charge in [0, 0.05) is 11.4 Å². The summed E-state index contributed by atoms with van der Waals surface area (Å²) < 4.78 is 16.2. The SMILES string of the molecule is CC1=C(C(=O)Nc2ccc(C)cc2C)[C@H](c2cccc(F)c2)n2c(nc3ccccc32)N1. The highest BCUT2D eigenvalue weighted by Gasteiger charge is 2.34. The maximum Gasteiger partial charge on any atom is 0.255 e. The third kappa shape index (κ3) is 3.34. The Morgan fingerprint density at radius 3 is 2.62 bits per heavy atom. The lowest BCUT2D eigenvalue weighted by Gasteiger charge is -2.31. The summed E-state index contributed by atoms with van der Waals surface area (Å²) in [7, 11) is 0. The van der Waals surface area contributed by atoms with Gasteiger partial charge in [-0.3, -0.25) is 9.36 Å². The Kier molecular flexibility index (Phi) is 4.78. The van der Waals surface area contributed by atoms with Crippen LogP contribution in [0.1, 0.15) is 29.7 Å². The average Bonchev–Trinajstić information content (AvgIpc) is 3.12. The van der Waals surface area contributed by atoms with Gasteiger partial charge in [0.05, 0.1) is 22.6 Å². The second-order valence-corrected chi connectivity index (χ2v) is 8.19. The summed E-state index contributed by atoms with van der Waals surface area (Å²) in [6, 6.07) is 19.5.